The van der Waals surface area contributed by atoms with E-state index >= 15 is 0 Å². The first-order chi connectivity index (χ1) is 10.2. The van der Waals surface area contributed by atoms with E-state index in [2.05, 4.69) is 64.8 Å². The van der Waals surface area contributed by atoms with Gasteiger partial charge in [-0.1, -0.05) is 30.3 Å². The van der Waals surface area contributed by atoms with E-state index in [4.69, 9.17) is 0 Å². The fourth-order valence-electron chi connectivity index (χ4n) is 2.92. The van der Waals surface area contributed by atoms with Crippen molar-refractivity contribution in [2.45, 2.75) is 32.4 Å². The van der Waals surface area contributed by atoms with Crippen molar-refractivity contribution in [3.05, 3.63) is 52.0 Å². The second-order valence-corrected chi connectivity index (χ2v) is 6.89. The zero-order valence-corrected chi connectivity index (χ0v) is 13.6. The summed E-state index contributed by atoms with van der Waals surface area (Å²) in [6, 6.07) is 11.8. The molecule has 0 radical (unpaired) electrons. The summed E-state index contributed by atoms with van der Waals surface area (Å²) in [5.41, 5.74) is 2.62. The summed E-state index contributed by atoms with van der Waals surface area (Å²) in [5, 5.41) is 7.02. The van der Waals surface area contributed by atoms with E-state index in [-0.39, 0.29) is 0 Å². The predicted molar refractivity (Wildman–Crippen MR) is 88.8 cm³/mol. The van der Waals surface area contributed by atoms with Crippen LogP contribution in [0.1, 0.15) is 29.2 Å². The highest BCUT2D eigenvalue weighted by atomic mass is 32.1. The molecule has 2 unspecified atom stereocenters. The number of piperazine rings is 1. The number of hydrogen-bond donors (Lipinski definition) is 1. The molecule has 4 heteroatoms. The first-order valence-corrected chi connectivity index (χ1v) is 8.54. The number of nitrogens with one attached hydrogen (secondary N) is 1. The minimum Gasteiger partial charge on any atom is -0.307 e. The molecule has 2 aromatic rings. The second-order valence-electron chi connectivity index (χ2n) is 5.82. The Kier molecular flexibility index (Phi) is 4.68. The van der Waals surface area contributed by atoms with Crippen LogP contribution in [0.4, 0.5) is 0 Å². The number of rotatable bonds is 4. The molecule has 1 saturated heterocycles. The van der Waals surface area contributed by atoms with E-state index in [1.807, 2.05) is 0 Å². The normalized spacial score (nSPS) is 23.3. The van der Waals surface area contributed by atoms with Crippen molar-refractivity contribution in [3.63, 3.8) is 0 Å². The summed E-state index contributed by atoms with van der Waals surface area (Å²) >= 11 is 1.75. The summed E-state index contributed by atoms with van der Waals surface area (Å²) < 4.78 is 0. The molecule has 0 bridgehead atoms. The van der Waals surface area contributed by atoms with Crippen molar-refractivity contribution in [1.29, 1.82) is 0 Å². The van der Waals surface area contributed by atoms with Crippen LogP contribution in [0.25, 0.3) is 0 Å². The Morgan fingerprint density at radius 1 is 1.33 bits per heavy atom. The third-order valence-electron chi connectivity index (χ3n) is 4.22. The highest BCUT2D eigenvalue weighted by molar-refractivity contribution is 7.09. The Bertz CT molecular complexity index is 566. The van der Waals surface area contributed by atoms with Crippen LogP contribution >= 0.6 is 11.3 Å². The molecule has 1 aliphatic rings. The second kappa shape index (κ2) is 6.69. The number of hydrogen-bond acceptors (Lipinski definition) is 4. The maximum absolute atomic E-state index is 4.57. The predicted octanol–water partition coefficient (Wildman–Crippen LogP) is 3.03. The molecule has 21 heavy (non-hydrogen) atoms. The Morgan fingerprint density at radius 2 is 2.14 bits per heavy atom. The van der Waals surface area contributed by atoms with Crippen LogP contribution in [-0.4, -0.2) is 35.6 Å². The minimum atomic E-state index is 0.444. The zero-order chi connectivity index (χ0) is 14.7. The summed E-state index contributed by atoms with van der Waals surface area (Å²) in [6.07, 6.45) is 1.05. The van der Waals surface area contributed by atoms with Gasteiger partial charge in [-0.15, -0.1) is 11.3 Å². The Balaban J connectivity index is 1.61. The monoisotopic (exact) mass is 301 g/mol. The van der Waals surface area contributed by atoms with E-state index in [1.165, 1.54) is 16.3 Å². The third-order valence-corrected chi connectivity index (χ3v) is 5.05. The molecule has 3 rings (SSSR count). The molecule has 0 amide bonds. The molecule has 0 aliphatic carbocycles. The first kappa shape index (κ1) is 14.7. The molecule has 1 aromatic carbocycles. The van der Waals surface area contributed by atoms with Gasteiger partial charge in [0.1, 0.15) is 0 Å². The van der Waals surface area contributed by atoms with Crippen LogP contribution in [0.2, 0.25) is 0 Å². The SMILES string of the molecule is Cc1nc(CCN2CC(c3ccccc3)NCC2C)cs1. The minimum absolute atomic E-state index is 0.444. The molecule has 1 fully saturated rings. The van der Waals surface area contributed by atoms with Crippen LogP contribution in [0.5, 0.6) is 0 Å². The quantitative estimate of drug-likeness (QED) is 0.941. The van der Waals surface area contributed by atoms with Crippen LogP contribution in [-0.2, 0) is 6.42 Å². The van der Waals surface area contributed by atoms with Crippen LogP contribution in [0.3, 0.4) is 0 Å². The van der Waals surface area contributed by atoms with E-state index in [1.54, 1.807) is 11.3 Å². The van der Waals surface area contributed by atoms with E-state index in [0.29, 0.717) is 12.1 Å². The average Bonchev–Trinajstić information content (AvgIpc) is 2.93. The lowest BCUT2D eigenvalue weighted by Gasteiger charge is -2.39. The van der Waals surface area contributed by atoms with Crippen molar-refractivity contribution in [3.8, 4) is 0 Å². The lowest BCUT2D eigenvalue weighted by Crippen LogP contribution is -2.51. The first-order valence-electron chi connectivity index (χ1n) is 7.66. The van der Waals surface area contributed by atoms with Gasteiger partial charge in [0, 0.05) is 43.5 Å². The van der Waals surface area contributed by atoms with Gasteiger partial charge in [-0.2, -0.15) is 0 Å². The van der Waals surface area contributed by atoms with Gasteiger partial charge in [0.15, 0.2) is 0 Å². The van der Waals surface area contributed by atoms with Crippen molar-refractivity contribution < 1.29 is 0 Å². The summed E-state index contributed by atoms with van der Waals surface area (Å²) in [6.45, 7) is 7.60. The average molecular weight is 301 g/mol. The summed E-state index contributed by atoms with van der Waals surface area (Å²) in [5.74, 6) is 0. The van der Waals surface area contributed by atoms with E-state index < -0.39 is 0 Å². The number of thiazole rings is 1. The maximum Gasteiger partial charge on any atom is 0.0897 e. The molecule has 0 saturated carbocycles. The number of benzene rings is 1. The number of nitrogens with zero attached hydrogens (tertiary/aromatic N) is 2. The van der Waals surface area contributed by atoms with Gasteiger partial charge >= 0.3 is 0 Å². The Morgan fingerprint density at radius 3 is 2.86 bits per heavy atom. The highest BCUT2D eigenvalue weighted by Crippen LogP contribution is 2.20. The topological polar surface area (TPSA) is 28.2 Å². The molecule has 1 aliphatic heterocycles. The Hall–Kier alpha value is -1.23. The van der Waals surface area contributed by atoms with Gasteiger partial charge in [0.2, 0.25) is 0 Å². The lowest BCUT2D eigenvalue weighted by molar-refractivity contribution is 0.142. The van der Waals surface area contributed by atoms with Crippen molar-refractivity contribution in [2.24, 2.45) is 0 Å². The number of aryl methyl sites for hydroxylation is 1. The molecule has 2 atom stereocenters. The Labute approximate surface area is 131 Å². The van der Waals surface area contributed by atoms with E-state index in [0.717, 1.165) is 26.1 Å². The molecule has 0 spiro atoms. The molecule has 3 nitrogen and oxygen atoms in total. The number of aromatic nitrogens is 1. The third kappa shape index (κ3) is 3.70. The van der Waals surface area contributed by atoms with Gasteiger partial charge in [-0.3, -0.25) is 4.90 Å². The molecular formula is C17H23N3S. The van der Waals surface area contributed by atoms with Crippen LogP contribution in [0, 0.1) is 6.92 Å². The molecule has 112 valence electrons. The van der Waals surface area contributed by atoms with Crippen molar-refractivity contribution in [2.75, 3.05) is 19.6 Å². The molecule has 1 aromatic heterocycles. The molecule has 2 heterocycles. The summed E-state index contributed by atoms with van der Waals surface area (Å²) in [4.78, 5) is 7.16. The lowest BCUT2D eigenvalue weighted by atomic mass is 10.0. The smallest absolute Gasteiger partial charge is 0.0897 e. The van der Waals surface area contributed by atoms with Gasteiger partial charge < -0.3 is 5.32 Å². The van der Waals surface area contributed by atoms with Crippen LogP contribution < -0.4 is 5.32 Å². The maximum atomic E-state index is 4.57. The highest BCUT2D eigenvalue weighted by Gasteiger charge is 2.25. The van der Waals surface area contributed by atoms with Gasteiger partial charge in [-0.25, -0.2) is 4.98 Å². The zero-order valence-electron chi connectivity index (χ0n) is 12.7. The van der Waals surface area contributed by atoms with Gasteiger partial charge in [0.25, 0.3) is 0 Å². The standard InChI is InChI=1S/C17H23N3S/c1-13-10-18-17(15-6-4-3-5-7-15)11-20(13)9-8-16-12-21-14(2)19-16/h3-7,12-13,17-18H,8-11H2,1-2H3. The summed E-state index contributed by atoms with van der Waals surface area (Å²) in [7, 11) is 0. The van der Waals surface area contributed by atoms with Gasteiger partial charge in [0.05, 0.1) is 10.7 Å². The fraction of sp³-hybridized carbons (Fsp3) is 0.471. The molecule has 1 N–H and O–H groups in total. The van der Waals surface area contributed by atoms with E-state index in [9.17, 15) is 0 Å². The van der Waals surface area contributed by atoms with Crippen LogP contribution in [0.15, 0.2) is 35.7 Å². The van der Waals surface area contributed by atoms with Gasteiger partial charge in [-0.05, 0) is 19.4 Å². The largest absolute Gasteiger partial charge is 0.307 e. The fourth-order valence-corrected chi connectivity index (χ4v) is 3.57. The molecular weight excluding hydrogens is 278 g/mol. The van der Waals surface area contributed by atoms with Crippen molar-refractivity contribution >= 4 is 11.3 Å². The van der Waals surface area contributed by atoms with Crippen molar-refractivity contribution in [1.82, 2.24) is 15.2 Å².